The number of primary amides is 1. The van der Waals surface area contributed by atoms with Gasteiger partial charge in [-0.2, -0.15) is 0 Å². The van der Waals surface area contributed by atoms with E-state index in [0.717, 1.165) is 19.0 Å². The number of guanidine groups is 1. The molecule has 0 unspecified atom stereocenters. The smallest absolute Gasteiger partial charge is 0.224 e. The summed E-state index contributed by atoms with van der Waals surface area (Å²) in [6.07, 6.45) is 2.07. The van der Waals surface area contributed by atoms with E-state index in [2.05, 4.69) is 45.7 Å². The molecule has 0 radical (unpaired) electrons. The lowest BCUT2D eigenvalue weighted by Gasteiger charge is -2.24. The Balaban J connectivity index is 2.80. The standard InChI is InChI=1S/C17H28N4OS/c1-6-19-16(20-12-17(2,3)15(18)22)21(4)11-13-7-9-14(23-5)10-8-13/h7-10H,6,11-12H2,1-5H3,(H2,18,22)(H,19,20). The zero-order valence-corrected chi connectivity index (χ0v) is 15.5. The summed E-state index contributed by atoms with van der Waals surface area (Å²) < 4.78 is 0. The van der Waals surface area contributed by atoms with Crippen molar-refractivity contribution in [3.63, 3.8) is 0 Å². The number of carbonyl (C=O) groups is 1. The highest BCUT2D eigenvalue weighted by atomic mass is 32.2. The summed E-state index contributed by atoms with van der Waals surface area (Å²) in [5.74, 6) is 0.433. The second kappa shape index (κ2) is 8.82. The summed E-state index contributed by atoms with van der Waals surface area (Å²) in [6, 6.07) is 8.49. The largest absolute Gasteiger partial charge is 0.369 e. The normalized spacial score (nSPS) is 12.1. The second-order valence-electron chi connectivity index (χ2n) is 6.12. The van der Waals surface area contributed by atoms with E-state index in [0.29, 0.717) is 6.54 Å². The Kier molecular flexibility index (Phi) is 7.42. The van der Waals surface area contributed by atoms with Gasteiger partial charge in [0.25, 0.3) is 0 Å². The van der Waals surface area contributed by atoms with Crippen LogP contribution < -0.4 is 11.1 Å². The molecule has 128 valence electrons. The van der Waals surface area contributed by atoms with Gasteiger partial charge in [0.15, 0.2) is 5.96 Å². The highest BCUT2D eigenvalue weighted by Crippen LogP contribution is 2.16. The molecule has 0 aliphatic carbocycles. The maximum absolute atomic E-state index is 11.4. The minimum Gasteiger partial charge on any atom is -0.369 e. The van der Waals surface area contributed by atoms with Gasteiger partial charge in [0.05, 0.1) is 12.0 Å². The molecule has 0 atom stereocenters. The molecule has 1 aromatic rings. The Labute approximate surface area is 143 Å². The number of hydrogen-bond donors (Lipinski definition) is 2. The Morgan fingerprint density at radius 1 is 1.35 bits per heavy atom. The molecule has 0 fully saturated rings. The molecule has 3 N–H and O–H groups in total. The number of aliphatic imine (C=N–C) groups is 1. The van der Waals surface area contributed by atoms with E-state index >= 15 is 0 Å². The summed E-state index contributed by atoms with van der Waals surface area (Å²) in [5, 5.41) is 3.26. The van der Waals surface area contributed by atoms with Crippen LogP contribution in [0.3, 0.4) is 0 Å². The first-order chi connectivity index (χ1) is 10.8. The number of nitrogens with zero attached hydrogens (tertiary/aromatic N) is 2. The number of benzene rings is 1. The third-order valence-electron chi connectivity index (χ3n) is 3.57. The Hall–Kier alpha value is -1.69. The zero-order valence-electron chi connectivity index (χ0n) is 14.7. The molecule has 0 aliphatic rings. The summed E-state index contributed by atoms with van der Waals surface area (Å²) in [5.41, 5.74) is 5.97. The first kappa shape index (κ1) is 19.4. The minimum absolute atomic E-state index is 0.340. The van der Waals surface area contributed by atoms with Crippen molar-refractivity contribution >= 4 is 23.6 Å². The quantitative estimate of drug-likeness (QED) is 0.455. The molecule has 0 aliphatic heterocycles. The first-order valence-corrected chi connectivity index (χ1v) is 8.95. The third kappa shape index (κ3) is 6.14. The fraction of sp³-hybridized carbons (Fsp3) is 0.529. The molecule has 0 bridgehead atoms. The van der Waals surface area contributed by atoms with E-state index in [1.807, 2.05) is 27.8 Å². The van der Waals surface area contributed by atoms with Gasteiger partial charge in [0.2, 0.25) is 5.91 Å². The summed E-state index contributed by atoms with van der Waals surface area (Å²) in [7, 11) is 1.99. The van der Waals surface area contributed by atoms with E-state index in [-0.39, 0.29) is 5.91 Å². The van der Waals surface area contributed by atoms with Crippen LogP contribution in [-0.4, -0.2) is 43.2 Å². The van der Waals surface area contributed by atoms with Crippen LogP contribution in [0.1, 0.15) is 26.3 Å². The lowest BCUT2D eigenvalue weighted by Crippen LogP contribution is -2.40. The van der Waals surface area contributed by atoms with Gasteiger partial charge in [0.1, 0.15) is 0 Å². The molecule has 1 rings (SSSR count). The molecule has 0 saturated carbocycles. The predicted octanol–water partition coefficient (Wildman–Crippen LogP) is 2.32. The molecule has 23 heavy (non-hydrogen) atoms. The van der Waals surface area contributed by atoms with E-state index in [4.69, 9.17) is 5.73 Å². The fourth-order valence-electron chi connectivity index (χ4n) is 1.90. The lowest BCUT2D eigenvalue weighted by atomic mass is 9.93. The molecular weight excluding hydrogens is 308 g/mol. The van der Waals surface area contributed by atoms with Crippen LogP contribution in [0.4, 0.5) is 0 Å². The number of nitrogens with two attached hydrogens (primary N) is 1. The third-order valence-corrected chi connectivity index (χ3v) is 4.31. The lowest BCUT2D eigenvalue weighted by molar-refractivity contribution is -0.125. The number of nitrogens with one attached hydrogen (secondary N) is 1. The molecule has 0 spiro atoms. The maximum atomic E-state index is 11.4. The SMILES string of the molecule is CCNC(=NCC(C)(C)C(N)=O)N(C)Cc1ccc(SC)cc1. The van der Waals surface area contributed by atoms with Crippen molar-refractivity contribution in [3.8, 4) is 0 Å². The fourth-order valence-corrected chi connectivity index (χ4v) is 2.31. The Morgan fingerprint density at radius 2 is 1.96 bits per heavy atom. The Morgan fingerprint density at radius 3 is 2.43 bits per heavy atom. The van der Waals surface area contributed by atoms with Gasteiger partial charge in [0, 0.05) is 25.0 Å². The number of thioether (sulfide) groups is 1. The highest BCUT2D eigenvalue weighted by Gasteiger charge is 2.24. The van der Waals surface area contributed by atoms with Crippen molar-refractivity contribution in [2.75, 3.05) is 26.4 Å². The van der Waals surface area contributed by atoms with Gasteiger partial charge >= 0.3 is 0 Å². The number of hydrogen-bond acceptors (Lipinski definition) is 3. The van der Waals surface area contributed by atoms with Crippen molar-refractivity contribution < 1.29 is 4.79 Å². The maximum Gasteiger partial charge on any atom is 0.224 e. The highest BCUT2D eigenvalue weighted by molar-refractivity contribution is 7.98. The number of carbonyl (C=O) groups excluding carboxylic acids is 1. The zero-order chi connectivity index (χ0) is 17.5. The van der Waals surface area contributed by atoms with Crippen molar-refractivity contribution in [1.29, 1.82) is 0 Å². The predicted molar refractivity (Wildman–Crippen MR) is 98.6 cm³/mol. The van der Waals surface area contributed by atoms with E-state index in [1.54, 1.807) is 11.8 Å². The molecule has 1 amide bonds. The van der Waals surface area contributed by atoms with Crippen LogP contribution >= 0.6 is 11.8 Å². The molecule has 1 aromatic carbocycles. The van der Waals surface area contributed by atoms with Gasteiger partial charge in [-0.15, -0.1) is 11.8 Å². The summed E-state index contributed by atoms with van der Waals surface area (Å²) >= 11 is 1.73. The average Bonchev–Trinajstić information content (AvgIpc) is 2.51. The number of rotatable bonds is 7. The van der Waals surface area contributed by atoms with Gasteiger partial charge < -0.3 is 16.0 Å². The van der Waals surface area contributed by atoms with Crippen molar-refractivity contribution in [3.05, 3.63) is 29.8 Å². The molecule has 0 aromatic heterocycles. The van der Waals surface area contributed by atoms with Gasteiger partial charge in [-0.05, 0) is 44.7 Å². The van der Waals surface area contributed by atoms with Crippen molar-refractivity contribution in [2.24, 2.45) is 16.1 Å². The van der Waals surface area contributed by atoms with E-state index in [1.165, 1.54) is 10.5 Å². The van der Waals surface area contributed by atoms with Crippen molar-refractivity contribution in [1.82, 2.24) is 10.2 Å². The Bertz CT molecular complexity index is 540. The van der Waals surface area contributed by atoms with Crippen LogP contribution in [0.2, 0.25) is 0 Å². The monoisotopic (exact) mass is 336 g/mol. The summed E-state index contributed by atoms with van der Waals surface area (Å²) in [4.78, 5) is 19.3. The molecule has 0 saturated heterocycles. The molecule has 6 heteroatoms. The molecular formula is C17H28N4OS. The van der Waals surface area contributed by atoms with Crippen LogP contribution in [0, 0.1) is 5.41 Å². The summed E-state index contributed by atoms with van der Waals surface area (Å²) in [6.45, 7) is 7.52. The number of amides is 1. The average molecular weight is 337 g/mol. The van der Waals surface area contributed by atoms with Crippen LogP contribution in [0.25, 0.3) is 0 Å². The topological polar surface area (TPSA) is 70.7 Å². The molecule has 5 nitrogen and oxygen atoms in total. The van der Waals surface area contributed by atoms with E-state index in [9.17, 15) is 4.79 Å². The van der Waals surface area contributed by atoms with Gasteiger partial charge in [-0.25, -0.2) is 0 Å². The van der Waals surface area contributed by atoms with Crippen LogP contribution in [0.15, 0.2) is 34.2 Å². The second-order valence-corrected chi connectivity index (χ2v) is 7.00. The van der Waals surface area contributed by atoms with Crippen molar-refractivity contribution in [2.45, 2.75) is 32.2 Å². The van der Waals surface area contributed by atoms with Crippen LogP contribution in [-0.2, 0) is 11.3 Å². The van der Waals surface area contributed by atoms with Gasteiger partial charge in [-0.3, -0.25) is 9.79 Å². The molecule has 0 heterocycles. The minimum atomic E-state index is -0.651. The van der Waals surface area contributed by atoms with Crippen LogP contribution in [0.5, 0.6) is 0 Å². The first-order valence-electron chi connectivity index (χ1n) is 7.72. The van der Waals surface area contributed by atoms with Gasteiger partial charge in [-0.1, -0.05) is 12.1 Å². The van der Waals surface area contributed by atoms with E-state index < -0.39 is 5.41 Å².